The van der Waals surface area contributed by atoms with Crippen LogP contribution >= 0.6 is 0 Å². The number of hydrogen-bond donors (Lipinski definition) is 4. The van der Waals surface area contributed by atoms with Crippen LogP contribution < -0.4 is 21.0 Å². The zero-order valence-corrected chi connectivity index (χ0v) is 31.6. The number of nitrogens with one attached hydrogen (secondary N) is 3. The Morgan fingerprint density at radius 2 is 1.65 bits per heavy atom. The summed E-state index contributed by atoms with van der Waals surface area (Å²) in [5, 5.41) is 13.7. The second kappa shape index (κ2) is 17.9. The van der Waals surface area contributed by atoms with Crippen LogP contribution in [0, 0.1) is 0 Å². The van der Waals surface area contributed by atoms with E-state index in [4.69, 9.17) is 23.8 Å². The molecule has 5 rings (SSSR count). The van der Waals surface area contributed by atoms with Crippen molar-refractivity contribution in [2.24, 2.45) is 0 Å². The Bertz CT molecular complexity index is 1630. The number of ketones is 1. The molecule has 2 aromatic rings. The molecule has 4 N–H and O–H groups in total. The molecule has 2 unspecified atom stereocenters. The van der Waals surface area contributed by atoms with Crippen molar-refractivity contribution in [2.75, 3.05) is 55.1 Å². The third kappa shape index (κ3) is 12.7. The van der Waals surface area contributed by atoms with Gasteiger partial charge in [0, 0.05) is 31.5 Å². The average molecular weight is 765 g/mol. The monoisotopic (exact) mass is 764 g/mol. The molecule has 3 aliphatic heterocycles. The first kappa shape index (κ1) is 42.5. The van der Waals surface area contributed by atoms with Crippen molar-refractivity contribution in [1.82, 2.24) is 5.48 Å². The molecule has 13 nitrogen and oxygen atoms in total. The molecule has 16 heteroatoms. The van der Waals surface area contributed by atoms with Crippen molar-refractivity contribution in [2.45, 2.75) is 96.5 Å². The molecule has 2 atom stereocenters. The molecular formula is C38H51F3N4O9. The van der Waals surface area contributed by atoms with Gasteiger partial charge in [-0.05, 0) is 90.6 Å². The molecule has 2 fully saturated rings. The van der Waals surface area contributed by atoms with Gasteiger partial charge in [-0.2, -0.15) is 13.2 Å². The summed E-state index contributed by atoms with van der Waals surface area (Å²) in [6, 6.07) is 8.08. The molecule has 0 spiro atoms. The number of benzene rings is 2. The van der Waals surface area contributed by atoms with E-state index >= 15 is 0 Å². The predicted molar refractivity (Wildman–Crippen MR) is 195 cm³/mol. The molecule has 0 aromatic heterocycles. The maximum absolute atomic E-state index is 14.1. The fourth-order valence-corrected chi connectivity index (χ4v) is 6.24. The first-order chi connectivity index (χ1) is 25.2. The smallest absolute Gasteiger partial charge is 0.418 e. The second-order valence-electron chi connectivity index (χ2n) is 15.0. The molecule has 0 bridgehead atoms. The quantitative estimate of drug-likeness (QED) is 0.143. The number of morpholine rings is 1. The normalized spacial score (nSPS) is 20.4. The Balaban J connectivity index is 0.000000641. The minimum Gasteiger partial charge on any atom is -0.465 e. The fraction of sp³-hybridized carbons (Fsp3) is 0.553. The highest BCUT2D eigenvalue weighted by Gasteiger charge is 2.38. The fourth-order valence-electron chi connectivity index (χ4n) is 6.24. The third-order valence-electron chi connectivity index (χ3n) is 8.20. The highest BCUT2D eigenvalue weighted by atomic mass is 19.4. The van der Waals surface area contributed by atoms with Crippen LogP contribution in [0.2, 0.25) is 0 Å². The summed E-state index contributed by atoms with van der Waals surface area (Å²) in [5.41, 5.74) is 0.243. The molecule has 2 saturated heterocycles. The maximum atomic E-state index is 14.1. The summed E-state index contributed by atoms with van der Waals surface area (Å²) in [7, 11) is 0. The van der Waals surface area contributed by atoms with E-state index in [1.54, 1.807) is 30.5 Å². The van der Waals surface area contributed by atoms with Crippen LogP contribution in [0.4, 0.5) is 35.0 Å². The number of hydrogen-bond acceptors (Lipinski definition) is 10. The summed E-state index contributed by atoms with van der Waals surface area (Å²) in [5.74, 6) is -1.55. The Kier molecular flexibility index (Phi) is 14.1. The molecule has 2 amide bonds. The van der Waals surface area contributed by atoms with Crippen LogP contribution in [0.3, 0.4) is 0 Å². The van der Waals surface area contributed by atoms with Crippen LogP contribution in [0.25, 0.3) is 0 Å². The first-order valence-corrected chi connectivity index (χ1v) is 17.8. The van der Waals surface area contributed by atoms with Crippen molar-refractivity contribution in [3.63, 3.8) is 0 Å². The topological polar surface area (TPSA) is 157 Å². The Morgan fingerprint density at radius 1 is 0.963 bits per heavy atom. The van der Waals surface area contributed by atoms with Gasteiger partial charge in [-0.1, -0.05) is 18.2 Å². The minimum absolute atomic E-state index is 0.0156. The first-order valence-electron chi connectivity index (χ1n) is 17.8. The largest absolute Gasteiger partial charge is 0.465 e. The van der Waals surface area contributed by atoms with Crippen molar-refractivity contribution < 1.29 is 56.4 Å². The van der Waals surface area contributed by atoms with Gasteiger partial charge in [0.25, 0.3) is 0 Å². The molecule has 3 heterocycles. The highest BCUT2D eigenvalue weighted by Crippen LogP contribution is 2.42. The Labute approximate surface area is 313 Å². The maximum Gasteiger partial charge on any atom is 0.418 e. The number of anilines is 3. The number of Topliss-reactive ketones (excluding diaryl/α,β-unsaturated/α-hetero) is 1. The number of rotatable bonds is 10. The van der Waals surface area contributed by atoms with E-state index in [-0.39, 0.29) is 67.3 Å². The SMILES string of the molecule is CC(C)(C)OC(C)(C)C.O=C(O)Nc1cc(N2CCOCC2)c(C(F)(F)F)cc1NC(=O)CC(=O)c1cccc(C2(COC3CCCCO3)C=CNO2)c1. The predicted octanol–water partition coefficient (Wildman–Crippen LogP) is 7.23. The van der Waals surface area contributed by atoms with Crippen molar-refractivity contribution in [3.05, 3.63) is 65.4 Å². The van der Waals surface area contributed by atoms with Gasteiger partial charge >= 0.3 is 12.3 Å². The number of carbonyl (C=O) groups excluding carboxylic acids is 2. The standard InChI is InChI=1S/C30H33F3N4O8.C8H18O/c31-30(32,33)21-15-22(23(36-28(40)41)16-24(21)37-9-12-42-13-10-37)35-26(39)17-25(38)19-4-3-5-20(14-19)29(7-8-34-45-29)18-44-27-6-1-2-11-43-27;1-7(2,3)9-8(4,5)6/h3-5,7-8,14-16,27,34,36H,1-2,6,9-13,17-18H2,(H,35,39)(H,40,41);1-6H3. The number of carbonyl (C=O) groups is 3. The van der Waals surface area contributed by atoms with Crippen LogP contribution in [-0.4, -0.2) is 79.9 Å². The molecule has 3 aliphatic rings. The van der Waals surface area contributed by atoms with Crippen LogP contribution in [0.15, 0.2) is 48.7 Å². The number of alkyl halides is 3. The van der Waals surface area contributed by atoms with Crippen molar-refractivity contribution in [3.8, 4) is 0 Å². The van der Waals surface area contributed by atoms with Crippen LogP contribution in [0.1, 0.15) is 88.7 Å². The summed E-state index contributed by atoms with van der Waals surface area (Å²) in [4.78, 5) is 44.8. The zero-order chi connectivity index (χ0) is 39.7. The summed E-state index contributed by atoms with van der Waals surface area (Å²) >= 11 is 0. The highest BCUT2D eigenvalue weighted by molar-refractivity contribution is 6.12. The lowest BCUT2D eigenvalue weighted by Crippen LogP contribution is -2.37. The minimum atomic E-state index is -4.82. The van der Waals surface area contributed by atoms with Gasteiger partial charge in [0.05, 0.1) is 60.1 Å². The van der Waals surface area contributed by atoms with E-state index in [0.717, 1.165) is 25.3 Å². The molecule has 298 valence electrons. The second-order valence-corrected chi connectivity index (χ2v) is 15.0. The van der Waals surface area contributed by atoms with E-state index in [0.29, 0.717) is 18.2 Å². The molecule has 0 saturated carbocycles. The molecule has 54 heavy (non-hydrogen) atoms. The molecular weight excluding hydrogens is 713 g/mol. The van der Waals surface area contributed by atoms with Crippen molar-refractivity contribution >= 4 is 34.8 Å². The number of nitrogens with zero attached hydrogens (tertiary/aromatic N) is 1. The van der Waals surface area contributed by atoms with Gasteiger partial charge in [0.15, 0.2) is 17.7 Å². The third-order valence-corrected chi connectivity index (χ3v) is 8.20. The Morgan fingerprint density at radius 3 is 2.20 bits per heavy atom. The molecule has 2 aromatic carbocycles. The number of amides is 2. The van der Waals surface area contributed by atoms with Crippen LogP contribution in [0.5, 0.6) is 0 Å². The lowest BCUT2D eigenvalue weighted by Gasteiger charge is -2.32. The molecule has 0 radical (unpaired) electrons. The van der Waals surface area contributed by atoms with Gasteiger partial charge in [-0.25, -0.2) is 4.79 Å². The van der Waals surface area contributed by atoms with E-state index in [1.165, 1.54) is 11.0 Å². The van der Waals surface area contributed by atoms with E-state index in [2.05, 4.69) is 52.3 Å². The van der Waals surface area contributed by atoms with E-state index in [1.807, 2.05) is 5.32 Å². The summed E-state index contributed by atoms with van der Waals surface area (Å²) in [6.07, 6.45) is -1.47. The summed E-state index contributed by atoms with van der Waals surface area (Å²) in [6.45, 7) is 13.8. The summed E-state index contributed by atoms with van der Waals surface area (Å²) < 4.78 is 64.8. The van der Waals surface area contributed by atoms with Crippen LogP contribution in [-0.2, 0) is 40.4 Å². The van der Waals surface area contributed by atoms with Gasteiger partial charge in [0.2, 0.25) is 5.91 Å². The number of hydroxylamine groups is 1. The van der Waals surface area contributed by atoms with E-state index < -0.39 is 47.2 Å². The number of carboxylic acid groups (broad SMARTS) is 1. The van der Waals surface area contributed by atoms with Gasteiger partial charge < -0.3 is 34.3 Å². The number of halogens is 3. The van der Waals surface area contributed by atoms with Gasteiger partial charge in [-0.3, -0.25) is 25.2 Å². The lowest BCUT2D eigenvalue weighted by molar-refractivity contribution is -0.197. The van der Waals surface area contributed by atoms with E-state index in [9.17, 15) is 32.7 Å². The van der Waals surface area contributed by atoms with Gasteiger partial charge in [-0.15, -0.1) is 0 Å². The average Bonchev–Trinajstić information content (AvgIpc) is 3.57. The number of ether oxygens (including phenoxy) is 4. The van der Waals surface area contributed by atoms with Gasteiger partial charge in [0.1, 0.15) is 0 Å². The Hall–Kier alpha value is -4.22. The zero-order valence-electron chi connectivity index (χ0n) is 31.6. The molecule has 0 aliphatic carbocycles. The van der Waals surface area contributed by atoms with Crippen molar-refractivity contribution in [1.29, 1.82) is 0 Å². The lowest BCUT2D eigenvalue weighted by atomic mass is 9.92.